The van der Waals surface area contributed by atoms with E-state index in [1.54, 1.807) is 43.5 Å². The minimum atomic E-state index is -0.798. The highest BCUT2D eigenvalue weighted by atomic mass is 16.5. The van der Waals surface area contributed by atoms with Gasteiger partial charge in [0.25, 0.3) is 0 Å². The molecule has 25 heavy (non-hydrogen) atoms. The molecule has 1 heterocycles. The van der Waals surface area contributed by atoms with Crippen LogP contribution in [-0.2, 0) is 9.59 Å². The molecule has 0 spiro atoms. The first-order chi connectivity index (χ1) is 12.0. The fourth-order valence-electron chi connectivity index (χ4n) is 2.10. The number of nitrogens with zero attached hydrogens (tertiary/aromatic N) is 1. The van der Waals surface area contributed by atoms with E-state index in [4.69, 9.17) is 9.47 Å². The topological polar surface area (TPSA) is 89.5 Å². The Labute approximate surface area is 146 Å². The lowest BCUT2D eigenvalue weighted by molar-refractivity contribution is -0.133. The van der Waals surface area contributed by atoms with Crippen molar-refractivity contribution in [2.24, 2.45) is 0 Å². The van der Waals surface area contributed by atoms with Crippen LogP contribution in [0.25, 0.3) is 0 Å². The molecule has 0 saturated heterocycles. The number of hydrogen-bond acceptors (Lipinski definition) is 5. The molecule has 0 saturated carbocycles. The van der Waals surface area contributed by atoms with Gasteiger partial charge in [-0.3, -0.25) is 9.59 Å². The van der Waals surface area contributed by atoms with Crippen LogP contribution in [0.4, 0.5) is 11.5 Å². The van der Waals surface area contributed by atoms with Crippen LogP contribution in [-0.4, -0.2) is 30.0 Å². The largest absolute Gasteiger partial charge is 0.490 e. The Balaban J connectivity index is 2.07. The van der Waals surface area contributed by atoms with E-state index in [0.717, 1.165) is 5.56 Å². The number of carbonyl (C=O) groups is 2. The van der Waals surface area contributed by atoms with Gasteiger partial charge in [0.15, 0.2) is 11.5 Å². The number of aromatic nitrogens is 1. The quantitative estimate of drug-likeness (QED) is 0.787. The Kier molecular flexibility index (Phi) is 6.33. The van der Waals surface area contributed by atoms with Gasteiger partial charge in [-0.25, -0.2) is 4.98 Å². The monoisotopic (exact) mass is 343 g/mol. The summed E-state index contributed by atoms with van der Waals surface area (Å²) in [6.45, 7) is 6.47. The number of anilines is 2. The zero-order chi connectivity index (χ0) is 18.2. The Morgan fingerprint density at radius 2 is 1.68 bits per heavy atom. The summed E-state index contributed by atoms with van der Waals surface area (Å²) in [5.74, 6) is -0.159. The second-order valence-electron chi connectivity index (χ2n) is 5.10. The maximum absolute atomic E-state index is 12.1. The Morgan fingerprint density at radius 3 is 2.36 bits per heavy atom. The molecule has 0 atom stereocenters. The highest BCUT2D eigenvalue weighted by Gasteiger charge is 2.16. The molecular weight excluding hydrogens is 322 g/mol. The van der Waals surface area contributed by atoms with E-state index in [0.29, 0.717) is 36.2 Å². The summed E-state index contributed by atoms with van der Waals surface area (Å²) in [5.41, 5.74) is 1.20. The van der Waals surface area contributed by atoms with Crippen LogP contribution in [0, 0.1) is 6.92 Å². The summed E-state index contributed by atoms with van der Waals surface area (Å²) < 4.78 is 11.0. The van der Waals surface area contributed by atoms with Crippen molar-refractivity contribution in [2.75, 3.05) is 23.8 Å². The molecule has 0 fully saturated rings. The Bertz CT molecular complexity index is 762. The van der Waals surface area contributed by atoms with Crippen molar-refractivity contribution < 1.29 is 19.1 Å². The van der Waals surface area contributed by atoms with Gasteiger partial charge >= 0.3 is 11.8 Å². The SMILES string of the molecule is CCOc1ccc(NC(=O)C(=O)Nc2ncccc2C)cc1OCC. The second kappa shape index (κ2) is 8.68. The predicted octanol–water partition coefficient (Wildman–Crippen LogP) is 2.76. The number of ether oxygens (including phenoxy) is 2. The first-order valence-electron chi connectivity index (χ1n) is 7.98. The van der Waals surface area contributed by atoms with Crippen molar-refractivity contribution in [1.29, 1.82) is 0 Å². The zero-order valence-electron chi connectivity index (χ0n) is 14.5. The van der Waals surface area contributed by atoms with E-state index in [1.165, 1.54) is 0 Å². The van der Waals surface area contributed by atoms with Crippen molar-refractivity contribution in [3.05, 3.63) is 42.1 Å². The lowest BCUT2D eigenvalue weighted by atomic mass is 10.2. The normalized spacial score (nSPS) is 10.0. The molecular formula is C18H21N3O4. The Morgan fingerprint density at radius 1 is 1.00 bits per heavy atom. The lowest BCUT2D eigenvalue weighted by Crippen LogP contribution is -2.29. The standard InChI is InChI=1S/C18H21N3O4/c1-4-24-14-9-8-13(11-15(14)25-5-2)20-17(22)18(23)21-16-12(3)7-6-10-19-16/h6-11H,4-5H2,1-3H3,(H,20,22)(H,19,21,23). The molecule has 1 aromatic carbocycles. The minimum absolute atomic E-state index is 0.351. The second-order valence-corrected chi connectivity index (χ2v) is 5.10. The molecule has 0 bridgehead atoms. The van der Waals surface area contributed by atoms with Crippen molar-refractivity contribution in [2.45, 2.75) is 20.8 Å². The van der Waals surface area contributed by atoms with E-state index in [2.05, 4.69) is 15.6 Å². The third kappa shape index (κ3) is 4.94. The van der Waals surface area contributed by atoms with Gasteiger partial charge in [0.1, 0.15) is 5.82 Å². The first kappa shape index (κ1) is 18.3. The molecule has 0 aliphatic heterocycles. The van der Waals surface area contributed by atoms with Crippen molar-refractivity contribution in [3.63, 3.8) is 0 Å². The molecule has 2 N–H and O–H groups in total. The fraction of sp³-hybridized carbons (Fsp3) is 0.278. The Hall–Kier alpha value is -3.09. The van der Waals surface area contributed by atoms with Crippen LogP contribution in [0.3, 0.4) is 0 Å². The van der Waals surface area contributed by atoms with Gasteiger partial charge in [-0.2, -0.15) is 0 Å². The van der Waals surface area contributed by atoms with Crippen LogP contribution < -0.4 is 20.1 Å². The summed E-state index contributed by atoms with van der Waals surface area (Å²) >= 11 is 0. The van der Waals surface area contributed by atoms with Crippen LogP contribution in [0.5, 0.6) is 11.5 Å². The number of pyridine rings is 1. The molecule has 0 aliphatic rings. The van der Waals surface area contributed by atoms with E-state index >= 15 is 0 Å². The first-order valence-corrected chi connectivity index (χ1v) is 7.98. The summed E-state index contributed by atoms with van der Waals surface area (Å²) in [6.07, 6.45) is 1.54. The highest BCUT2D eigenvalue weighted by molar-refractivity contribution is 6.43. The number of aryl methyl sites for hydroxylation is 1. The van der Waals surface area contributed by atoms with Crippen LogP contribution >= 0.6 is 0 Å². The van der Waals surface area contributed by atoms with Crippen molar-refractivity contribution in [3.8, 4) is 11.5 Å². The van der Waals surface area contributed by atoms with Crippen LogP contribution in [0.2, 0.25) is 0 Å². The molecule has 0 unspecified atom stereocenters. The number of hydrogen-bond donors (Lipinski definition) is 2. The highest BCUT2D eigenvalue weighted by Crippen LogP contribution is 2.30. The van der Waals surface area contributed by atoms with Gasteiger partial charge in [-0.05, 0) is 44.5 Å². The fourth-order valence-corrected chi connectivity index (χ4v) is 2.10. The number of benzene rings is 1. The third-order valence-corrected chi connectivity index (χ3v) is 3.25. The van der Waals surface area contributed by atoms with Gasteiger partial charge in [0, 0.05) is 18.0 Å². The smallest absolute Gasteiger partial charge is 0.315 e. The molecule has 1 aromatic heterocycles. The summed E-state index contributed by atoms with van der Waals surface area (Å²) in [4.78, 5) is 28.1. The maximum Gasteiger partial charge on any atom is 0.315 e. The zero-order valence-corrected chi connectivity index (χ0v) is 14.5. The maximum atomic E-state index is 12.1. The predicted molar refractivity (Wildman–Crippen MR) is 95.0 cm³/mol. The minimum Gasteiger partial charge on any atom is -0.490 e. The van der Waals surface area contributed by atoms with Crippen LogP contribution in [0.1, 0.15) is 19.4 Å². The van der Waals surface area contributed by atoms with Gasteiger partial charge < -0.3 is 20.1 Å². The third-order valence-electron chi connectivity index (χ3n) is 3.25. The molecule has 7 nitrogen and oxygen atoms in total. The van der Waals surface area contributed by atoms with Gasteiger partial charge in [0.2, 0.25) is 0 Å². The van der Waals surface area contributed by atoms with Gasteiger partial charge in [-0.15, -0.1) is 0 Å². The van der Waals surface area contributed by atoms with Crippen molar-refractivity contribution >= 4 is 23.3 Å². The number of rotatable bonds is 6. The van der Waals surface area contributed by atoms with E-state index < -0.39 is 11.8 Å². The molecule has 2 rings (SSSR count). The summed E-state index contributed by atoms with van der Waals surface area (Å²) in [5, 5.41) is 5.02. The van der Waals surface area contributed by atoms with E-state index in [9.17, 15) is 9.59 Å². The van der Waals surface area contributed by atoms with Crippen LogP contribution in [0.15, 0.2) is 36.5 Å². The summed E-state index contributed by atoms with van der Waals surface area (Å²) in [7, 11) is 0. The molecule has 0 radical (unpaired) electrons. The molecule has 2 aromatic rings. The molecule has 132 valence electrons. The van der Waals surface area contributed by atoms with E-state index in [1.807, 2.05) is 13.8 Å². The molecule has 7 heteroatoms. The number of nitrogens with one attached hydrogen (secondary N) is 2. The summed E-state index contributed by atoms with van der Waals surface area (Å²) in [6, 6.07) is 8.49. The van der Waals surface area contributed by atoms with Gasteiger partial charge in [-0.1, -0.05) is 6.07 Å². The average Bonchev–Trinajstić information content (AvgIpc) is 2.59. The number of amides is 2. The lowest BCUT2D eigenvalue weighted by Gasteiger charge is -2.13. The number of carbonyl (C=O) groups excluding carboxylic acids is 2. The van der Waals surface area contributed by atoms with Crippen molar-refractivity contribution in [1.82, 2.24) is 4.98 Å². The average molecular weight is 343 g/mol. The van der Waals surface area contributed by atoms with E-state index in [-0.39, 0.29) is 0 Å². The van der Waals surface area contributed by atoms with Gasteiger partial charge in [0.05, 0.1) is 13.2 Å². The molecule has 2 amide bonds. The molecule has 0 aliphatic carbocycles.